The van der Waals surface area contributed by atoms with Crippen molar-refractivity contribution in [2.75, 3.05) is 6.26 Å². The van der Waals surface area contributed by atoms with Crippen LogP contribution in [-0.4, -0.2) is 22.8 Å². The highest BCUT2D eigenvalue weighted by atomic mass is 32.2. The highest BCUT2D eigenvalue weighted by molar-refractivity contribution is 8.13. The summed E-state index contributed by atoms with van der Waals surface area (Å²) < 4.78 is 5.93. The molecular weight excluding hydrogens is 286 g/mol. The topological polar surface area (TPSA) is 74.5 Å². The fourth-order valence-corrected chi connectivity index (χ4v) is 2.46. The molecule has 6 heteroatoms. The smallest absolute Gasteiger partial charge is 0.183 e. The van der Waals surface area contributed by atoms with Crippen LogP contribution in [0.4, 0.5) is 5.69 Å². The zero-order valence-corrected chi connectivity index (χ0v) is 13.1. The van der Waals surface area contributed by atoms with Gasteiger partial charge in [0, 0.05) is 0 Å². The van der Waals surface area contributed by atoms with E-state index in [2.05, 4.69) is 10.3 Å². The normalized spacial score (nSPS) is 21.2. The van der Waals surface area contributed by atoms with Gasteiger partial charge in [-0.3, -0.25) is 10.1 Å². The van der Waals surface area contributed by atoms with Crippen molar-refractivity contribution >= 4 is 28.4 Å². The van der Waals surface area contributed by atoms with E-state index < -0.39 is 5.60 Å². The molecule has 1 aromatic rings. The summed E-state index contributed by atoms with van der Waals surface area (Å²) in [6, 6.07) is 5.26. The molecule has 0 aliphatic carbocycles. The van der Waals surface area contributed by atoms with E-state index in [1.54, 1.807) is 18.2 Å². The number of amidine groups is 1. The van der Waals surface area contributed by atoms with Crippen LogP contribution in [0, 0.1) is 11.5 Å². The molecule has 0 aromatic heterocycles. The van der Waals surface area contributed by atoms with Gasteiger partial charge in [-0.05, 0) is 37.8 Å². The number of nitrogens with one attached hydrogen (secondary N) is 1. The Kier molecular flexibility index (Phi) is 4.53. The largest absolute Gasteiger partial charge is 0.486 e. The van der Waals surface area contributed by atoms with Crippen LogP contribution in [0.3, 0.4) is 0 Å². The summed E-state index contributed by atoms with van der Waals surface area (Å²) in [5.74, 6) is 0.671. The van der Waals surface area contributed by atoms with E-state index in [1.165, 1.54) is 11.8 Å². The molecular formula is C15H17N3O2S. The van der Waals surface area contributed by atoms with Gasteiger partial charge in [0.1, 0.15) is 11.4 Å². The van der Waals surface area contributed by atoms with Crippen LogP contribution in [0.15, 0.2) is 23.2 Å². The zero-order chi connectivity index (χ0) is 15.5. The first-order valence-corrected chi connectivity index (χ1v) is 7.88. The maximum absolute atomic E-state index is 12.3. The molecule has 0 saturated carbocycles. The zero-order valence-electron chi connectivity index (χ0n) is 12.3. The summed E-state index contributed by atoms with van der Waals surface area (Å²) >= 11 is 1.33. The molecule has 0 amide bonds. The first-order chi connectivity index (χ1) is 10.0. The predicted molar refractivity (Wildman–Crippen MR) is 84.1 cm³/mol. The lowest BCUT2D eigenvalue weighted by molar-refractivity contribution is 0.0499. The Morgan fingerprint density at radius 1 is 1.62 bits per heavy atom. The number of nitrogens with zero attached hydrogens (tertiary/aromatic N) is 2. The van der Waals surface area contributed by atoms with Gasteiger partial charge in [-0.1, -0.05) is 18.7 Å². The Hall–Kier alpha value is -2.00. The maximum Gasteiger partial charge on any atom is 0.183 e. The Morgan fingerprint density at radius 2 is 2.38 bits per heavy atom. The number of ketones is 1. The Labute approximate surface area is 128 Å². The number of hydrogen-bond acceptors (Lipinski definition) is 5. The SMILES string of the molecule is CCC1(C)CC(=O)c2cc(N=C(NC#N)SC)ccc2O1. The molecule has 1 unspecified atom stereocenters. The highest BCUT2D eigenvalue weighted by Crippen LogP contribution is 2.36. The number of ether oxygens (including phenoxy) is 1. The summed E-state index contributed by atoms with van der Waals surface area (Å²) in [7, 11) is 0. The van der Waals surface area contributed by atoms with E-state index in [0.717, 1.165) is 6.42 Å². The molecule has 2 rings (SSSR count). The van der Waals surface area contributed by atoms with Crippen LogP contribution in [0.25, 0.3) is 0 Å². The summed E-state index contributed by atoms with van der Waals surface area (Å²) in [6.07, 6.45) is 4.81. The van der Waals surface area contributed by atoms with Crippen LogP contribution in [0.5, 0.6) is 5.75 Å². The predicted octanol–water partition coefficient (Wildman–Crippen LogP) is 3.24. The quantitative estimate of drug-likeness (QED) is 0.393. The number of hydrogen-bond donors (Lipinski definition) is 1. The van der Waals surface area contributed by atoms with Crippen LogP contribution in [0.1, 0.15) is 37.0 Å². The van der Waals surface area contributed by atoms with Gasteiger partial charge in [-0.25, -0.2) is 4.99 Å². The molecule has 1 N–H and O–H groups in total. The van der Waals surface area contributed by atoms with Crippen LogP contribution in [-0.2, 0) is 0 Å². The lowest BCUT2D eigenvalue weighted by Gasteiger charge is -2.34. The first kappa shape index (κ1) is 15.4. The van der Waals surface area contributed by atoms with Crippen molar-refractivity contribution in [3.63, 3.8) is 0 Å². The fraction of sp³-hybridized carbons (Fsp3) is 0.400. The number of Topliss-reactive ketones (excluding diaryl/α,β-unsaturated/α-hetero) is 1. The van der Waals surface area contributed by atoms with Crippen LogP contribution in [0.2, 0.25) is 0 Å². The minimum atomic E-state index is -0.429. The number of benzene rings is 1. The van der Waals surface area contributed by atoms with E-state index in [-0.39, 0.29) is 5.78 Å². The molecule has 0 fully saturated rings. The number of rotatable bonds is 2. The molecule has 5 nitrogen and oxygen atoms in total. The fourth-order valence-electron chi connectivity index (χ4n) is 2.12. The molecule has 0 saturated heterocycles. The molecule has 0 radical (unpaired) electrons. The summed E-state index contributed by atoms with van der Waals surface area (Å²) in [4.78, 5) is 16.6. The molecule has 0 bridgehead atoms. The van der Waals surface area contributed by atoms with E-state index in [1.807, 2.05) is 26.3 Å². The van der Waals surface area contributed by atoms with Crippen molar-refractivity contribution in [1.29, 1.82) is 5.26 Å². The lowest BCUT2D eigenvalue weighted by Crippen LogP contribution is -2.38. The number of carbonyl (C=O) groups excluding carboxylic acids is 1. The monoisotopic (exact) mass is 303 g/mol. The third kappa shape index (κ3) is 3.37. The van der Waals surface area contributed by atoms with Crippen LogP contribution >= 0.6 is 11.8 Å². The second-order valence-corrected chi connectivity index (χ2v) is 5.84. The van der Waals surface area contributed by atoms with Gasteiger partial charge in [0.15, 0.2) is 17.1 Å². The third-order valence-electron chi connectivity index (χ3n) is 3.49. The average molecular weight is 303 g/mol. The molecule has 21 heavy (non-hydrogen) atoms. The molecule has 1 aliphatic heterocycles. The van der Waals surface area contributed by atoms with Crippen molar-refractivity contribution in [2.45, 2.75) is 32.3 Å². The van der Waals surface area contributed by atoms with Gasteiger partial charge in [-0.2, -0.15) is 5.26 Å². The second-order valence-electron chi connectivity index (χ2n) is 5.04. The standard InChI is InChI=1S/C15H17N3O2S/c1-4-15(2)8-12(19)11-7-10(5-6-13(11)20-15)18-14(21-3)17-9-16/h5-7H,4,8H2,1-3H3,(H,17,18). The van der Waals surface area contributed by atoms with E-state index in [4.69, 9.17) is 10.00 Å². The Morgan fingerprint density at radius 3 is 3.00 bits per heavy atom. The molecule has 110 valence electrons. The lowest BCUT2D eigenvalue weighted by atomic mass is 9.89. The first-order valence-electron chi connectivity index (χ1n) is 6.65. The van der Waals surface area contributed by atoms with Crippen molar-refractivity contribution in [3.05, 3.63) is 23.8 Å². The second kappa shape index (κ2) is 6.19. The van der Waals surface area contributed by atoms with Gasteiger partial charge in [0.05, 0.1) is 17.7 Å². The highest BCUT2D eigenvalue weighted by Gasteiger charge is 2.35. The van der Waals surface area contributed by atoms with Crippen molar-refractivity contribution in [2.24, 2.45) is 4.99 Å². The number of fused-ring (bicyclic) bond motifs is 1. The van der Waals surface area contributed by atoms with E-state index >= 15 is 0 Å². The Balaban J connectivity index is 2.35. The summed E-state index contributed by atoms with van der Waals surface area (Å²) in [5.41, 5.74) is 0.749. The van der Waals surface area contributed by atoms with Gasteiger partial charge < -0.3 is 4.74 Å². The number of nitriles is 1. The maximum atomic E-state index is 12.3. The molecule has 1 heterocycles. The Bertz CT molecular complexity index is 636. The number of aliphatic imine (C=N–C) groups is 1. The number of carbonyl (C=O) groups is 1. The van der Waals surface area contributed by atoms with E-state index in [9.17, 15) is 4.79 Å². The minimum Gasteiger partial charge on any atom is -0.486 e. The van der Waals surface area contributed by atoms with Crippen molar-refractivity contribution < 1.29 is 9.53 Å². The van der Waals surface area contributed by atoms with Crippen molar-refractivity contribution in [1.82, 2.24) is 5.32 Å². The summed E-state index contributed by atoms with van der Waals surface area (Å²) in [6.45, 7) is 3.96. The summed E-state index contributed by atoms with van der Waals surface area (Å²) in [5, 5.41) is 11.6. The third-order valence-corrected chi connectivity index (χ3v) is 4.07. The number of thioether (sulfide) groups is 1. The molecule has 1 aliphatic rings. The minimum absolute atomic E-state index is 0.0663. The van der Waals surface area contributed by atoms with Crippen molar-refractivity contribution in [3.8, 4) is 11.9 Å². The molecule has 1 atom stereocenters. The van der Waals surface area contributed by atoms with Gasteiger partial charge in [-0.15, -0.1) is 0 Å². The van der Waals surface area contributed by atoms with Gasteiger partial charge in [0.2, 0.25) is 0 Å². The van der Waals surface area contributed by atoms with Gasteiger partial charge >= 0.3 is 0 Å². The average Bonchev–Trinajstić information content (AvgIpc) is 2.47. The molecule has 1 aromatic carbocycles. The molecule has 0 spiro atoms. The van der Waals surface area contributed by atoms with Crippen LogP contribution < -0.4 is 10.1 Å². The van der Waals surface area contributed by atoms with E-state index in [0.29, 0.717) is 28.6 Å². The van der Waals surface area contributed by atoms with Gasteiger partial charge in [0.25, 0.3) is 0 Å².